The molecule has 0 radical (unpaired) electrons. The van der Waals surface area contributed by atoms with Crippen LogP contribution in [0.25, 0.3) is 28.1 Å². The maximum atomic E-state index is 4.67. The van der Waals surface area contributed by atoms with Gasteiger partial charge in [0.1, 0.15) is 11.5 Å². The Labute approximate surface area is 140 Å². The van der Waals surface area contributed by atoms with Gasteiger partial charge in [-0.2, -0.15) is 0 Å². The number of hydrogen-bond acceptors (Lipinski definition) is 4. The van der Waals surface area contributed by atoms with Gasteiger partial charge in [-0.1, -0.05) is 32.0 Å². The van der Waals surface area contributed by atoms with Gasteiger partial charge in [0.15, 0.2) is 5.82 Å². The number of rotatable bonds is 3. The van der Waals surface area contributed by atoms with E-state index in [4.69, 9.17) is 0 Å². The van der Waals surface area contributed by atoms with E-state index < -0.39 is 0 Å². The van der Waals surface area contributed by atoms with Crippen LogP contribution in [0.3, 0.4) is 0 Å². The van der Waals surface area contributed by atoms with Crippen molar-refractivity contribution < 1.29 is 0 Å². The molecule has 0 saturated carbocycles. The second-order valence-corrected chi connectivity index (χ2v) is 5.93. The standard InChI is InChI=1S/C19H17N5/c1-13(2)18-21-10-8-15(23-18)19-22-11-12-24(19)16-7-3-5-14-6-4-9-20-17(14)16/h3-13H,1-2H3. The molecule has 0 N–H and O–H groups in total. The Kier molecular flexibility index (Phi) is 3.54. The molecule has 118 valence electrons. The summed E-state index contributed by atoms with van der Waals surface area (Å²) in [6.45, 7) is 4.17. The molecule has 0 aliphatic heterocycles. The quantitative estimate of drug-likeness (QED) is 0.573. The minimum absolute atomic E-state index is 0.271. The third kappa shape index (κ3) is 2.44. The molecule has 0 unspecified atom stereocenters. The van der Waals surface area contributed by atoms with Crippen LogP contribution in [-0.4, -0.2) is 24.5 Å². The molecular formula is C19H17N5. The zero-order chi connectivity index (χ0) is 16.5. The fraction of sp³-hybridized carbons (Fsp3) is 0.158. The summed E-state index contributed by atoms with van der Waals surface area (Å²) in [4.78, 5) is 18.1. The highest BCUT2D eigenvalue weighted by Gasteiger charge is 2.13. The first kappa shape index (κ1) is 14.5. The summed E-state index contributed by atoms with van der Waals surface area (Å²) in [6, 6.07) is 12.0. The predicted octanol–water partition coefficient (Wildman–Crippen LogP) is 4.00. The predicted molar refractivity (Wildman–Crippen MR) is 94.0 cm³/mol. The van der Waals surface area contributed by atoms with E-state index in [1.807, 2.05) is 41.2 Å². The SMILES string of the molecule is CC(C)c1nccc(-c2nccn2-c2cccc3cccnc23)n1. The van der Waals surface area contributed by atoms with Crippen LogP contribution in [0.1, 0.15) is 25.6 Å². The largest absolute Gasteiger partial charge is 0.296 e. The maximum Gasteiger partial charge on any atom is 0.163 e. The van der Waals surface area contributed by atoms with E-state index in [0.29, 0.717) is 0 Å². The minimum Gasteiger partial charge on any atom is -0.296 e. The molecule has 0 aliphatic carbocycles. The van der Waals surface area contributed by atoms with Crippen LogP contribution in [-0.2, 0) is 0 Å². The van der Waals surface area contributed by atoms with Gasteiger partial charge < -0.3 is 0 Å². The van der Waals surface area contributed by atoms with Crippen molar-refractivity contribution in [1.82, 2.24) is 24.5 Å². The van der Waals surface area contributed by atoms with E-state index in [1.54, 1.807) is 12.4 Å². The molecule has 0 amide bonds. The second kappa shape index (κ2) is 5.85. The van der Waals surface area contributed by atoms with E-state index in [9.17, 15) is 0 Å². The van der Waals surface area contributed by atoms with Crippen molar-refractivity contribution in [1.29, 1.82) is 0 Å². The highest BCUT2D eigenvalue weighted by atomic mass is 15.1. The Hall–Kier alpha value is -3.08. The van der Waals surface area contributed by atoms with Crippen molar-refractivity contribution in [3.63, 3.8) is 0 Å². The summed E-state index contributed by atoms with van der Waals surface area (Å²) in [7, 11) is 0. The molecule has 4 aromatic rings. The van der Waals surface area contributed by atoms with Crippen molar-refractivity contribution in [3.8, 4) is 17.2 Å². The molecule has 3 aromatic heterocycles. The van der Waals surface area contributed by atoms with Crippen LogP contribution in [0.2, 0.25) is 0 Å². The topological polar surface area (TPSA) is 56.5 Å². The number of fused-ring (bicyclic) bond motifs is 1. The molecule has 0 aliphatic rings. The molecule has 0 atom stereocenters. The summed E-state index contributed by atoms with van der Waals surface area (Å²) >= 11 is 0. The van der Waals surface area contributed by atoms with Gasteiger partial charge in [-0.25, -0.2) is 15.0 Å². The zero-order valence-electron chi connectivity index (χ0n) is 13.6. The third-order valence-electron chi connectivity index (χ3n) is 3.93. The van der Waals surface area contributed by atoms with E-state index in [2.05, 4.69) is 45.9 Å². The normalized spacial score (nSPS) is 11.3. The summed E-state index contributed by atoms with van der Waals surface area (Å²) in [6.07, 6.45) is 7.33. The molecule has 0 fully saturated rings. The molecule has 0 bridgehead atoms. The Morgan fingerprint density at radius 2 is 1.75 bits per heavy atom. The van der Waals surface area contributed by atoms with Crippen LogP contribution < -0.4 is 0 Å². The molecule has 5 heteroatoms. The number of benzene rings is 1. The first-order valence-electron chi connectivity index (χ1n) is 7.95. The van der Waals surface area contributed by atoms with Gasteiger partial charge in [0.25, 0.3) is 0 Å². The van der Waals surface area contributed by atoms with Crippen molar-refractivity contribution in [2.24, 2.45) is 0 Å². The number of imidazole rings is 1. The van der Waals surface area contributed by atoms with Crippen molar-refractivity contribution >= 4 is 10.9 Å². The number of hydrogen-bond donors (Lipinski definition) is 0. The minimum atomic E-state index is 0.271. The van der Waals surface area contributed by atoms with Gasteiger partial charge in [-0.15, -0.1) is 0 Å². The van der Waals surface area contributed by atoms with E-state index in [-0.39, 0.29) is 5.92 Å². The lowest BCUT2D eigenvalue weighted by molar-refractivity contribution is 0.774. The molecular weight excluding hydrogens is 298 g/mol. The van der Waals surface area contributed by atoms with Gasteiger partial charge in [0.2, 0.25) is 0 Å². The zero-order valence-corrected chi connectivity index (χ0v) is 13.6. The lowest BCUT2D eigenvalue weighted by atomic mass is 10.2. The lowest BCUT2D eigenvalue weighted by Gasteiger charge is -2.11. The smallest absolute Gasteiger partial charge is 0.163 e. The van der Waals surface area contributed by atoms with Crippen LogP contribution in [0, 0.1) is 0 Å². The van der Waals surface area contributed by atoms with Crippen LogP contribution in [0.15, 0.2) is 61.2 Å². The summed E-state index contributed by atoms with van der Waals surface area (Å²) in [5.41, 5.74) is 2.74. The van der Waals surface area contributed by atoms with Gasteiger partial charge in [-0.05, 0) is 18.2 Å². The number of pyridine rings is 1. The summed E-state index contributed by atoms with van der Waals surface area (Å²) in [5.74, 6) is 1.88. The van der Waals surface area contributed by atoms with Gasteiger partial charge >= 0.3 is 0 Å². The third-order valence-corrected chi connectivity index (χ3v) is 3.93. The Morgan fingerprint density at radius 1 is 0.875 bits per heavy atom. The summed E-state index contributed by atoms with van der Waals surface area (Å²) < 4.78 is 2.03. The molecule has 4 rings (SSSR count). The van der Waals surface area contributed by atoms with Gasteiger partial charge in [-0.3, -0.25) is 9.55 Å². The Bertz CT molecular complexity index is 998. The Balaban J connectivity index is 1.90. The highest BCUT2D eigenvalue weighted by Crippen LogP contribution is 2.25. The van der Waals surface area contributed by atoms with Crippen LogP contribution in [0.5, 0.6) is 0 Å². The molecule has 5 nitrogen and oxygen atoms in total. The molecule has 0 spiro atoms. The maximum absolute atomic E-state index is 4.67. The van der Waals surface area contributed by atoms with Crippen LogP contribution >= 0.6 is 0 Å². The van der Waals surface area contributed by atoms with Crippen molar-refractivity contribution in [3.05, 3.63) is 67.0 Å². The van der Waals surface area contributed by atoms with Gasteiger partial charge in [0, 0.05) is 36.1 Å². The van der Waals surface area contributed by atoms with E-state index >= 15 is 0 Å². The fourth-order valence-electron chi connectivity index (χ4n) is 2.75. The average molecular weight is 315 g/mol. The number of aromatic nitrogens is 5. The lowest BCUT2D eigenvalue weighted by Crippen LogP contribution is -2.03. The van der Waals surface area contributed by atoms with Gasteiger partial charge in [0.05, 0.1) is 11.2 Å². The second-order valence-electron chi connectivity index (χ2n) is 5.93. The average Bonchev–Trinajstić information content (AvgIpc) is 3.11. The molecule has 1 aromatic carbocycles. The van der Waals surface area contributed by atoms with E-state index in [0.717, 1.165) is 33.9 Å². The number of para-hydroxylation sites is 1. The first-order valence-corrected chi connectivity index (χ1v) is 7.95. The molecule has 3 heterocycles. The molecule has 24 heavy (non-hydrogen) atoms. The monoisotopic (exact) mass is 315 g/mol. The van der Waals surface area contributed by atoms with E-state index in [1.165, 1.54) is 0 Å². The fourth-order valence-corrected chi connectivity index (χ4v) is 2.75. The van der Waals surface area contributed by atoms with Crippen molar-refractivity contribution in [2.45, 2.75) is 19.8 Å². The highest BCUT2D eigenvalue weighted by molar-refractivity contribution is 5.86. The first-order chi connectivity index (χ1) is 11.7. The van der Waals surface area contributed by atoms with Crippen LogP contribution in [0.4, 0.5) is 0 Å². The summed E-state index contributed by atoms with van der Waals surface area (Å²) in [5, 5.41) is 1.10. The van der Waals surface area contributed by atoms with Crippen molar-refractivity contribution in [2.75, 3.05) is 0 Å². The Morgan fingerprint density at radius 3 is 2.62 bits per heavy atom. The molecule has 0 saturated heterocycles. The number of nitrogens with zero attached hydrogens (tertiary/aromatic N) is 5.